The van der Waals surface area contributed by atoms with Crippen LogP contribution in [0.3, 0.4) is 0 Å². The number of aliphatic hydroxyl groups is 2. The Kier molecular flexibility index (Phi) is 9.16. The van der Waals surface area contributed by atoms with Crippen molar-refractivity contribution in [3.63, 3.8) is 0 Å². The molecule has 0 aromatic heterocycles. The Morgan fingerprint density at radius 2 is 1.45 bits per heavy atom. The van der Waals surface area contributed by atoms with Gasteiger partial charge in [0.15, 0.2) is 0 Å². The molecule has 0 aliphatic heterocycles. The van der Waals surface area contributed by atoms with Crippen molar-refractivity contribution in [2.45, 2.75) is 104 Å². The number of rotatable bonds is 8. The minimum absolute atomic E-state index is 0.225. The summed E-state index contributed by atoms with van der Waals surface area (Å²) in [5, 5.41) is 24.3. The van der Waals surface area contributed by atoms with Gasteiger partial charge in [0.25, 0.3) is 0 Å². The molecule has 1 amide bonds. The number of alkyl carbamates (subject to hydrolysis) is 1. The van der Waals surface area contributed by atoms with Crippen LogP contribution < -0.4 is 5.32 Å². The van der Waals surface area contributed by atoms with Crippen molar-refractivity contribution in [2.75, 3.05) is 6.54 Å². The van der Waals surface area contributed by atoms with Crippen LogP contribution >= 0.6 is 0 Å². The van der Waals surface area contributed by atoms with Gasteiger partial charge in [0.1, 0.15) is 11.7 Å². The van der Waals surface area contributed by atoms with E-state index in [0.717, 1.165) is 16.7 Å². The Balaban J connectivity index is 3.04. The number of nitrogens with one attached hydrogen (secondary N) is 1. The van der Waals surface area contributed by atoms with Crippen LogP contribution in [0.15, 0.2) is 12.1 Å². The molecule has 0 bridgehead atoms. The van der Waals surface area contributed by atoms with E-state index in [1.165, 1.54) is 5.56 Å². The van der Waals surface area contributed by atoms with Gasteiger partial charge < -0.3 is 20.3 Å². The first-order valence-electron chi connectivity index (χ1n) is 10.7. The van der Waals surface area contributed by atoms with E-state index in [1.807, 2.05) is 0 Å². The molecule has 29 heavy (non-hydrogen) atoms. The average molecular weight is 408 g/mol. The zero-order chi connectivity index (χ0) is 22.5. The zero-order valence-corrected chi connectivity index (χ0v) is 19.7. The van der Waals surface area contributed by atoms with E-state index in [1.54, 1.807) is 20.8 Å². The highest BCUT2D eigenvalue weighted by atomic mass is 16.6. The number of carbonyl (C=O) groups excluding carboxylic acids is 1. The first-order chi connectivity index (χ1) is 13.2. The van der Waals surface area contributed by atoms with E-state index >= 15 is 0 Å². The number of aliphatic hydroxyl groups excluding tert-OH is 2. The predicted molar refractivity (Wildman–Crippen MR) is 119 cm³/mol. The highest BCUT2D eigenvalue weighted by Gasteiger charge is 2.27. The highest BCUT2D eigenvalue weighted by molar-refractivity contribution is 5.67. The minimum Gasteiger partial charge on any atom is -0.444 e. The molecule has 5 heteroatoms. The molecule has 0 radical (unpaired) electrons. The molecule has 3 N–H and O–H groups in total. The van der Waals surface area contributed by atoms with Crippen LogP contribution in [0.25, 0.3) is 0 Å². The minimum atomic E-state index is -1.01. The van der Waals surface area contributed by atoms with Gasteiger partial charge in [-0.3, -0.25) is 0 Å². The fourth-order valence-electron chi connectivity index (χ4n) is 3.34. The monoisotopic (exact) mass is 407 g/mol. The van der Waals surface area contributed by atoms with Crippen molar-refractivity contribution in [3.8, 4) is 0 Å². The van der Waals surface area contributed by atoms with E-state index in [2.05, 4.69) is 59.0 Å². The Labute approximate surface area is 176 Å². The largest absolute Gasteiger partial charge is 0.444 e. The lowest BCUT2D eigenvalue weighted by molar-refractivity contribution is 0.0111. The molecule has 1 aromatic rings. The van der Waals surface area contributed by atoms with Gasteiger partial charge in [0, 0.05) is 6.54 Å². The van der Waals surface area contributed by atoms with E-state index in [-0.39, 0.29) is 24.8 Å². The van der Waals surface area contributed by atoms with Crippen LogP contribution in [0.5, 0.6) is 0 Å². The summed E-state index contributed by atoms with van der Waals surface area (Å²) in [6.07, 6.45) is -2.27. The fourth-order valence-corrected chi connectivity index (χ4v) is 3.34. The Bertz CT molecular complexity index is 645. The van der Waals surface area contributed by atoms with E-state index < -0.39 is 23.9 Å². The molecule has 0 heterocycles. The Morgan fingerprint density at radius 3 is 1.83 bits per heavy atom. The highest BCUT2D eigenvalue weighted by Crippen LogP contribution is 2.37. The fraction of sp³-hybridized carbons (Fsp3) is 0.708. The summed E-state index contributed by atoms with van der Waals surface area (Å²) < 4.78 is 5.21. The molecule has 166 valence electrons. The smallest absolute Gasteiger partial charge is 0.407 e. The summed E-state index contributed by atoms with van der Waals surface area (Å²) in [7, 11) is 0. The van der Waals surface area contributed by atoms with E-state index in [4.69, 9.17) is 4.74 Å². The van der Waals surface area contributed by atoms with Crippen LogP contribution in [0, 0.1) is 0 Å². The normalized spacial score (nSPS) is 14.4. The lowest BCUT2D eigenvalue weighted by atomic mass is 9.81. The topological polar surface area (TPSA) is 78.8 Å². The van der Waals surface area contributed by atoms with Gasteiger partial charge in [-0.15, -0.1) is 0 Å². The number of carbonyl (C=O) groups is 1. The summed E-state index contributed by atoms with van der Waals surface area (Å²) in [5.41, 5.74) is 3.65. The zero-order valence-electron chi connectivity index (χ0n) is 19.7. The maximum Gasteiger partial charge on any atom is 0.407 e. The number of amides is 1. The first kappa shape index (κ1) is 25.4. The van der Waals surface area contributed by atoms with Gasteiger partial charge in [-0.05, 0) is 67.2 Å². The average Bonchev–Trinajstić information content (AvgIpc) is 2.57. The van der Waals surface area contributed by atoms with Crippen LogP contribution in [-0.2, 0) is 4.74 Å². The van der Waals surface area contributed by atoms with Crippen molar-refractivity contribution in [1.82, 2.24) is 5.32 Å². The number of hydrogen-bond donors (Lipinski definition) is 3. The Hall–Kier alpha value is -1.59. The third kappa shape index (κ3) is 7.63. The summed E-state index contributed by atoms with van der Waals surface area (Å²) >= 11 is 0. The maximum atomic E-state index is 11.8. The molecule has 0 aliphatic rings. The summed E-state index contributed by atoms with van der Waals surface area (Å²) in [5.74, 6) is 0.838. The molecule has 2 unspecified atom stereocenters. The second kappa shape index (κ2) is 10.4. The van der Waals surface area contributed by atoms with Gasteiger partial charge in [-0.25, -0.2) is 4.79 Å². The van der Waals surface area contributed by atoms with Gasteiger partial charge >= 0.3 is 6.09 Å². The number of ether oxygens (including phenoxy) is 1. The molecule has 0 aliphatic carbocycles. The molecule has 1 rings (SSSR count). The molecule has 1 aromatic carbocycles. The van der Waals surface area contributed by atoms with Gasteiger partial charge in [0.2, 0.25) is 0 Å². The molecular weight excluding hydrogens is 366 g/mol. The maximum absolute atomic E-state index is 11.8. The van der Waals surface area contributed by atoms with Gasteiger partial charge in [-0.2, -0.15) is 0 Å². The van der Waals surface area contributed by atoms with E-state index in [0.29, 0.717) is 5.92 Å². The molecule has 2 atom stereocenters. The molecule has 0 spiro atoms. The van der Waals surface area contributed by atoms with Gasteiger partial charge in [0.05, 0.1) is 6.10 Å². The number of hydrogen-bond acceptors (Lipinski definition) is 4. The van der Waals surface area contributed by atoms with Crippen molar-refractivity contribution in [3.05, 3.63) is 34.4 Å². The quantitative estimate of drug-likeness (QED) is 0.541. The van der Waals surface area contributed by atoms with Crippen molar-refractivity contribution in [2.24, 2.45) is 0 Å². The SMILES string of the molecule is CC(C)c1cc(C(C)C)c(C(O)C(O)CCNC(=O)OC(C)(C)C)c(C(C)C)c1. The molecule has 0 saturated heterocycles. The van der Waals surface area contributed by atoms with Gasteiger partial charge in [-0.1, -0.05) is 53.7 Å². The second-order valence-corrected chi connectivity index (χ2v) is 9.81. The standard InChI is InChI=1S/C24H41NO4/c1-14(2)17-12-18(15(3)4)21(19(13-17)16(5)6)22(27)20(26)10-11-25-23(28)29-24(7,8)9/h12-16,20,22,26-27H,10-11H2,1-9H3,(H,25,28). The molecule has 0 saturated carbocycles. The van der Waals surface area contributed by atoms with Crippen LogP contribution in [0.4, 0.5) is 4.79 Å². The summed E-state index contributed by atoms with van der Waals surface area (Å²) in [4.78, 5) is 11.8. The van der Waals surface area contributed by atoms with Crippen LogP contribution in [0.2, 0.25) is 0 Å². The molecular formula is C24H41NO4. The van der Waals surface area contributed by atoms with Crippen molar-refractivity contribution >= 4 is 6.09 Å². The lowest BCUT2D eigenvalue weighted by Crippen LogP contribution is -2.35. The van der Waals surface area contributed by atoms with Crippen molar-refractivity contribution in [1.29, 1.82) is 0 Å². The number of benzene rings is 1. The van der Waals surface area contributed by atoms with Crippen LogP contribution in [0.1, 0.15) is 115 Å². The lowest BCUT2D eigenvalue weighted by Gasteiger charge is -2.28. The molecule has 5 nitrogen and oxygen atoms in total. The van der Waals surface area contributed by atoms with E-state index in [9.17, 15) is 15.0 Å². The molecule has 0 fully saturated rings. The second-order valence-electron chi connectivity index (χ2n) is 9.81. The van der Waals surface area contributed by atoms with Crippen molar-refractivity contribution < 1.29 is 19.7 Å². The predicted octanol–water partition coefficient (Wildman–Crippen LogP) is 5.37. The Morgan fingerprint density at radius 1 is 0.966 bits per heavy atom. The third-order valence-corrected chi connectivity index (χ3v) is 4.95. The summed E-state index contributed by atoms with van der Waals surface area (Å²) in [6, 6.07) is 4.32. The summed E-state index contributed by atoms with van der Waals surface area (Å²) in [6.45, 7) is 18.4. The van der Waals surface area contributed by atoms with Crippen LogP contribution in [-0.4, -0.2) is 34.6 Å². The third-order valence-electron chi connectivity index (χ3n) is 4.95. The first-order valence-corrected chi connectivity index (χ1v) is 10.7.